The van der Waals surface area contributed by atoms with Gasteiger partial charge in [-0.1, -0.05) is 0 Å². The molecule has 2 amide bonds. The quantitative estimate of drug-likeness (QED) is 0.816. The van der Waals surface area contributed by atoms with Gasteiger partial charge in [-0.3, -0.25) is 14.6 Å². The highest BCUT2D eigenvalue weighted by Crippen LogP contribution is 2.24. The summed E-state index contributed by atoms with van der Waals surface area (Å²) in [5, 5.41) is 2.87. The van der Waals surface area contributed by atoms with Crippen LogP contribution in [0.5, 0.6) is 0 Å². The molecule has 4 heterocycles. The molecule has 0 saturated carbocycles. The maximum absolute atomic E-state index is 12.8. The highest BCUT2D eigenvalue weighted by molar-refractivity contribution is 7.14. The van der Waals surface area contributed by atoms with Crippen molar-refractivity contribution < 1.29 is 14.3 Å². The van der Waals surface area contributed by atoms with Gasteiger partial charge in [0.15, 0.2) is 0 Å². The Hall–Kier alpha value is -2.45. The average molecular weight is 372 g/mol. The van der Waals surface area contributed by atoms with Gasteiger partial charge in [0.2, 0.25) is 5.91 Å². The number of carbonyl (C=O) groups is 2. The minimum atomic E-state index is -0.195. The number of amides is 2. The number of thiophene rings is 1. The fourth-order valence-electron chi connectivity index (χ4n) is 3.22. The first kappa shape index (κ1) is 17.0. The Bertz CT molecular complexity index is 789. The van der Waals surface area contributed by atoms with Crippen molar-refractivity contribution in [1.29, 1.82) is 0 Å². The van der Waals surface area contributed by atoms with Crippen LogP contribution in [0.1, 0.15) is 10.5 Å². The summed E-state index contributed by atoms with van der Waals surface area (Å²) in [6, 6.07) is 7.56. The Balaban J connectivity index is 1.45. The van der Waals surface area contributed by atoms with Crippen LogP contribution >= 0.6 is 11.3 Å². The van der Waals surface area contributed by atoms with E-state index < -0.39 is 0 Å². The molecule has 2 aliphatic heterocycles. The van der Waals surface area contributed by atoms with Crippen LogP contribution in [0.2, 0.25) is 0 Å². The SMILES string of the molecule is O=C(c1cc(N2CCOCC2)ccn1)N1CCN(c2cccs2)C(=O)C1. The summed E-state index contributed by atoms with van der Waals surface area (Å²) in [6.45, 7) is 4.07. The molecular formula is C18H20N4O3S. The summed E-state index contributed by atoms with van der Waals surface area (Å²) in [5.74, 6) is -0.254. The third-order valence-corrected chi connectivity index (χ3v) is 5.51. The highest BCUT2D eigenvalue weighted by atomic mass is 32.1. The maximum Gasteiger partial charge on any atom is 0.273 e. The molecule has 0 unspecified atom stereocenters. The monoisotopic (exact) mass is 372 g/mol. The lowest BCUT2D eigenvalue weighted by molar-refractivity contribution is -0.120. The standard InChI is InChI=1S/C18H20N4O3S/c23-16-13-21(5-6-22(16)17-2-1-11-26-17)18(24)15-12-14(3-4-19-15)20-7-9-25-10-8-20/h1-4,11-12H,5-10,13H2. The summed E-state index contributed by atoms with van der Waals surface area (Å²) in [6.07, 6.45) is 1.65. The summed E-state index contributed by atoms with van der Waals surface area (Å²) in [7, 11) is 0. The molecular weight excluding hydrogens is 352 g/mol. The molecule has 136 valence electrons. The molecule has 2 aliphatic rings. The van der Waals surface area contributed by atoms with Crippen molar-refractivity contribution in [3.63, 3.8) is 0 Å². The number of rotatable bonds is 3. The minimum Gasteiger partial charge on any atom is -0.378 e. The Morgan fingerprint density at radius 1 is 1.15 bits per heavy atom. The van der Waals surface area contributed by atoms with Crippen LogP contribution in [0.4, 0.5) is 10.7 Å². The first-order chi connectivity index (χ1) is 12.7. The molecule has 0 N–H and O–H groups in total. The number of hydrogen-bond acceptors (Lipinski definition) is 6. The van der Waals surface area contributed by atoms with E-state index >= 15 is 0 Å². The van der Waals surface area contributed by atoms with E-state index in [0.717, 1.165) is 23.8 Å². The molecule has 2 aromatic rings. The van der Waals surface area contributed by atoms with Crippen LogP contribution in [0.3, 0.4) is 0 Å². The van der Waals surface area contributed by atoms with Gasteiger partial charge in [-0.25, -0.2) is 0 Å². The number of nitrogens with zero attached hydrogens (tertiary/aromatic N) is 4. The van der Waals surface area contributed by atoms with Crippen LogP contribution in [0.15, 0.2) is 35.8 Å². The van der Waals surface area contributed by atoms with Crippen molar-refractivity contribution in [2.45, 2.75) is 0 Å². The minimum absolute atomic E-state index is 0.0589. The predicted octanol–water partition coefficient (Wildman–Crippen LogP) is 1.47. The first-order valence-corrected chi connectivity index (χ1v) is 9.52. The zero-order valence-corrected chi connectivity index (χ0v) is 15.2. The smallest absolute Gasteiger partial charge is 0.273 e. The second-order valence-electron chi connectivity index (χ2n) is 6.22. The van der Waals surface area contributed by atoms with Crippen molar-refractivity contribution >= 4 is 33.8 Å². The number of piperazine rings is 1. The van der Waals surface area contributed by atoms with Crippen LogP contribution in [-0.2, 0) is 9.53 Å². The topological polar surface area (TPSA) is 66.0 Å². The molecule has 2 fully saturated rings. The molecule has 0 bridgehead atoms. The number of aromatic nitrogens is 1. The molecule has 2 saturated heterocycles. The maximum atomic E-state index is 12.8. The predicted molar refractivity (Wildman–Crippen MR) is 99.8 cm³/mol. The van der Waals surface area contributed by atoms with Gasteiger partial charge in [0.25, 0.3) is 5.91 Å². The number of anilines is 2. The Morgan fingerprint density at radius 3 is 2.73 bits per heavy atom. The van der Waals surface area contributed by atoms with Crippen LogP contribution in [0.25, 0.3) is 0 Å². The number of pyridine rings is 1. The summed E-state index contributed by atoms with van der Waals surface area (Å²) >= 11 is 1.53. The van der Waals surface area contributed by atoms with Gasteiger partial charge in [0, 0.05) is 38.1 Å². The second-order valence-corrected chi connectivity index (χ2v) is 7.15. The molecule has 0 radical (unpaired) electrons. The van der Waals surface area contributed by atoms with E-state index in [0.29, 0.717) is 32.0 Å². The lowest BCUT2D eigenvalue weighted by Gasteiger charge is -2.33. The normalized spacial score (nSPS) is 18.3. The summed E-state index contributed by atoms with van der Waals surface area (Å²) in [5.41, 5.74) is 1.35. The first-order valence-electron chi connectivity index (χ1n) is 8.64. The van der Waals surface area contributed by atoms with Gasteiger partial charge in [-0.15, -0.1) is 11.3 Å². The highest BCUT2D eigenvalue weighted by Gasteiger charge is 2.29. The van der Waals surface area contributed by atoms with E-state index in [2.05, 4.69) is 9.88 Å². The third kappa shape index (κ3) is 3.42. The van der Waals surface area contributed by atoms with E-state index in [4.69, 9.17) is 4.74 Å². The third-order valence-electron chi connectivity index (χ3n) is 4.62. The van der Waals surface area contributed by atoms with E-state index in [1.54, 1.807) is 16.0 Å². The Labute approximate surface area is 155 Å². The lowest BCUT2D eigenvalue weighted by atomic mass is 10.2. The number of carbonyl (C=O) groups excluding carboxylic acids is 2. The molecule has 0 atom stereocenters. The van der Waals surface area contributed by atoms with Crippen molar-refractivity contribution in [2.24, 2.45) is 0 Å². The lowest BCUT2D eigenvalue weighted by Crippen LogP contribution is -2.52. The number of morpholine rings is 1. The zero-order valence-electron chi connectivity index (χ0n) is 14.3. The number of ether oxygens (including phenoxy) is 1. The van der Waals surface area contributed by atoms with Gasteiger partial charge in [0.05, 0.1) is 18.2 Å². The summed E-state index contributed by atoms with van der Waals surface area (Å²) < 4.78 is 5.37. The molecule has 7 nitrogen and oxygen atoms in total. The molecule has 0 aromatic carbocycles. The van der Waals surface area contributed by atoms with E-state index in [-0.39, 0.29) is 18.4 Å². The molecule has 0 aliphatic carbocycles. The molecule has 0 spiro atoms. The largest absolute Gasteiger partial charge is 0.378 e. The summed E-state index contributed by atoms with van der Waals surface area (Å²) in [4.78, 5) is 35.0. The Morgan fingerprint density at radius 2 is 2.00 bits per heavy atom. The van der Waals surface area contributed by atoms with Crippen LogP contribution in [0, 0.1) is 0 Å². The van der Waals surface area contributed by atoms with Crippen molar-refractivity contribution in [1.82, 2.24) is 9.88 Å². The molecule has 4 rings (SSSR count). The van der Waals surface area contributed by atoms with Gasteiger partial charge in [-0.2, -0.15) is 0 Å². The van der Waals surface area contributed by atoms with Crippen molar-refractivity contribution in [2.75, 3.05) is 55.7 Å². The van der Waals surface area contributed by atoms with Gasteiger partial charge < -0.3 is 19.4 Å². The molecule has 2 aromatic heterocycles. The number of hydrogen-bond donors (Lipinski definition) is 0. The van der Waals surface area contributed by atoms with E-state index in [1.807, 2.05) is 29.6 Å². The fraction of sp³-hybridized carbons (Fsp3) is 0.389. The van der Waals surface area contributed by atoms with E-state index in [9.17, 15) is 9.59 Å². The van der Waals surface area contributed by atoms with Gasteiger partial charge in [-0.05, 0) is 29.6 Å². The van der Waals surface area contributed by atoms with Crippen molar-refractivity contribution in [3.8, 4) is 0 Å². The molecule has 26 heavy (non-hydrogen) atoms. The fourth-order valence-corrected chi connectivity index (χ4v) is 3.99. The second kappa shape index (κ2) is 7.43. The average Bonchev–Trinajstić information content (AvgIpc) is 3.22. The van der Waals surface area contributed by atoms with Gasteiger partial charge >= 0.3 is 0 Å². The molecule has 8 heteroatoms. The zero-order chi connectivity index (χ0) is 17.9. The van der Waals surface area contributed by atoms with Crippen LogP contribution in [-0.4, -0.2) is 67.6 Å². The Kier molecular flexibility index (Phi) is 4.85. The van der Waals surface area contributed by atoms with Crippen molar-refractivity contribution in [3.05, 3.63) is 41.5 Å². The van der Waals surface area contributed by atoms with Gasteiger partial charge in [0.1, 0.15) is 12.2 Å². The van der Waals surface area contributed by atoms with Crippen LogP contribution < -0.4 is 9.80 Å². The van der Waals surface area contributed by atoms with E-state index in [1.165, 1.54) is 11.3 Å².